The molecular formula is C19H27N3O7. The molecule has 2 heterocycles. The molecule has 10 heteroatoms. The number of hydrogen-bond acceptors (Lipinski definition) is 9. The first-order valence-corrected chi connectivity index (χ1v) is 9.01. The first-order chi connectivity index (χ1) is 13.4. The number of nitrogens with one attached hydrogen (secondary N) is 1. The molecule has 0 aliphatic heterocycles. The number of rotatable bonds is 6. The lowest BCUT2D eigenvalue weighted by molar-refractivity contribution is -0.0207. The second-order valence-corrected chi connectivity index (χ2v) is 8.22. The molecule has 0 fully saturated rings. The van der Waals surface area contributed by atoms with E-state index in [4.69, 9.17) is 18.3 Å². The van der Waals surface area contributed by atoms with Crippen LogP contribution in [0.4, 0.5) is 4.79 Å². The Morgan fingerprint density at radius 2 is 1.76 bits per heavy atom. The van der Waals surface area contributed by atoms with Crippen molar-refractivity contribution in [2.75, 3.05) is 13.7 Å². The van der Waals surface area contributed by atoms with Gasteiger partial charge in [0.1, 0.15) is 24.2 Å². The molecule has 10 nitrogen and oxygen atoms in total. The summed E-state index contributed by atoms with van der Waals surface area (Å²) in [4.78, 5) is 32.0. The van der Waals surface area contributed by atoms with E-state index in [0.29, 0.717) is 0 Å². The van der Waals surface area contributed by atoms with E-state index in [0.717, 1.165) is 6.26 Å². The molecule has 0 saturated carbocycles. The highest BCUT2D eigenvalue weighted by atomic mass is 16.6. The molecule has 0 radical (unpaired) electrons. The van der Waals surface area contributed by atoms with Crippen LogP contribution in [0.2, 0.25) is 0 Å². The van der Waals surface area contributed by atoms with Crippen LogP contribution in [0.15, 0.2) is 21.4 Å². The molecule has 0 bridgehead atoms. The Morgan fingerprint density at radius 1 is 1.07 bits per heavy atom. The van der Waals surface area contributed by atoms with Crippen molar-refractivity contribution in [3.63, 3.8) is 0 Å². The first kappa shape index (κ1) is 22.4. The minimum Gasteiger partial charge on any atom is -0.464 e. The molecule has 0 aliphatic carbocycles. The van der Waals surface area contributed by atoms with Gasteiger partial charge in [0, 0.05) is 0 Å². The third-order valence-corrected chi connectivity index (χ3v) is 3.31. The molecule has 0 aromatic carbocycles. The number of amides is 1. The summed E-state index contributed by atoms with van der Waals surface area (Å²) in [6.45, 7) is 11.1. The summed E-state index contributed by atoms with van der Waals surface area (Å²) in [5.74, 6) is -0.382. The van der Waals surface area contributed by atoms with Crippen molar-refractivity contribution in [3.05, 3.63) is 24.1 Å². The van der Waals surface area contributed by atoms with E-state index >= 15 is 0 Å². The zero-order valence-electron chi connectivity index (χ0n) is 17.7. The Morgan fingerprint density at radius 3 is 2.34 bits per heavy atom. The Hall–Kier alpha value is -2.88. The largest absolute Gasteiger partial charge is 0.464 e. The molecule has 1 atom stereocenters. The van der Waals surface area contributed by atoms with Gasteiger partial charge in [-0.05, 0) is 41.5 Å². The number of carbonyl (C=O) groups excluding carboxylic acids is 2. The number of esters is 1. The van der Waals surface area contributed by atoms with Crippen LogP contribution in [0.5, 0.6) is 0 Å². The van der Waals surface area contributed by atoms with Crippen LogP contribution in [0, 0.1) is 0 Å². The third-order valence-electron chi connectivity index (χ3n) is 3.31. The van der Waals surface area contributed by atoms with E-state index < -0.39 is 29.3 Å². The van der Waals surface area contributed by atoms with Crippen LogP contribution in [0.3, 0.4) is 0 Å². The number of hydrogen-bond donors (Lipinski definition) is 1. The predicted molar refractivity (Wildman–Crippen MR) is 101 cm³/mol. The predicted octanol–water partition coefficient (Wildman–Crippen LogP) is 3.50. The molecule has 2 aromatic rings. The zero-order valence-corrected chi connectivity index (χ0v) is 17.7. The van der Waals surface area contributed by atoms with Crippen LogP contribution in [-0.2, 0) is 14.2 Å². The van der Waals surface area contributed by atoms with Crippen LogP contribution >= 0.6 is 0 Å². The van der Waals surface area contributed by atoms with Crippen LogP contribution in [0.25, 0.3) is 11.6 Å². The summed E-state index contributed by atoms with van der Waals surface area (Å²) >= 11 is 0. The van der Waals surface area contributed by atoms with Crippen molar-refractivity contribution < 1.29 is 32.6 Å². The van der Waals surface area contributed by atoms with Crippen LogP contribution < -0.4 is 5.32 Å². The molecule has 2 aromatic heterocycles. The van der Waals surface area contributed by atoms with E-state index in [9.17, 15) is 9.59 Å². The SMILES string of the molecule is COC(=O)c1coc(-c2coc(C(COC(C)(C)C)NC(=O)OC(C)(C)C)n2)n1. The third kappa shape index (κ3) is 6.90. The molecule has 29 heavy (non-hydrogen) atoms. The Bertz CT molecular complexity index is 843. The lowest BCUT2D eigenvalue weighted by Gasteiger charge is -2.25. The van der Waals surface area contributed by atoms with Gasteiger partial charge in [0.05, 0.1) is 19.3 Å². The van der Waals surface area contributed by atoms with Crippen molar-refractivity contribution in [2.45, 2.75) is 58.8 Å². The second kappa shape index (κ2) is 8.64. The minimum atomic E-state index is -0.715. The summed E-state index contributed by atoms with van der Waals surface area (Å²) in [5.41, 5.74) is -0.848. The molecule has 0 aliphatic rings. The van der Waals surface area contributed by atoms with E-state index in [1.165, 1.54) is 13.4 Å². The van der Waals surface area contributed by atoms with Gasteiger partial charge < -0.3 is 28.4 Å². The van der Waals surface area contributed by atoms with Gasteiger partial charge in [0.2, 0.25) is 11.8 Å². The van der Waals surface area contributed by atoms with Gasteiger partial charge in [-0.1, -0.05) is 0 Å². The minimum absolute atomic E-state index is 0.00606. The maximum Gasteiger partial charge on any atom is 0.408 e. The van der Waals surface area contributed by atoms with Gasteiger partial charge in [-0.25, -0.2) is 19.6 Å². The average Bonchev–Trinajstić information content (AvgIpc) is 3.24. The van der Waals surface area contributed by atoms with E-state index in [1.54, 1.807) is 20.8 Å². The molecule has 0 spiro atoms. The fraction of sp³-hybridized carbons (Fsp3) is 0.579. The fourth-order valence-corrected chi connectivity index (χ4v) is 2.09. The molecule has 0 saturated heterocycles. The van der Waals surface area contributed by atoms with Crippen molar-refractivity contribution in [1.82, 2.24) is 15.3 Å². The normalized spacial score (nSPS) is 13.1. The van der Waals surface area contributed by atoms with Crippen molar-refractivity contribution in [1.29, 1.82) is 0 Å². The Balaban J connectivity index is 2.20. The number of ether oxygens (including phenoxy) is 3. The quantitative estimate of drug-likeness (QED) is 0.713. The number of oxazole rings is 2. The topological polar surface area (TPSA) is 126 Å². The van der Waals surface area contributed by atoms with Gasteiger partial charge in [0.15, 0.2) is 11.4 Å². The van der Waals surface area contributed by atoms with Gasteiger partial charge in [0.25, 0.3) is 0 Å². The molecule has 1 amide bonds. The highest BCUT2D eigenvalue weighted by Gasteiger charge is 2.27. The van der Waals surface area contributed by atoms with Gasteiger partial charge in [-0.3, -0.25) is 0 Å². The fourth-order valence-electron chi connectivity index (χ4n) is 2.09. The summed E-state index contributed by atoms with van der Waals surface area (Å²) in [6.07, 6.45) is 1.83. The van der Waals surface area contributed by atoms with Gasteiger partial charge in [-0.2, -0.15) is 0 Å². The average molecular weight is 409 g/mol. The molecule has 2 rings (SSSR count). The molecule has 1 N–H and O–H groups in total. The second-order valence-electron chi connectivity index (χ2n) is 8.22. The van der Waals surface area contributed by atoms with Crippen molar-refractivity contribution in [3.8, 4) is 11.6 Å². The lowest BCUT2D eigenvalue weighted by Crippen LogP contribution is -2.38. The highest BCUT2D eigenvalue weighted by Crippen LogP contribution is 2.23. The van der Waals surface area contributed by atoms with Crippen LogP contribution in [0.1, 0.15) is 64.0 Å². The summed E-state index contributed by atoms with van der Waals surface area (Å²) in [5, 5.41) is 2.69. The molecule has 160 valence electrons. The zero-order chi connectivity index (χ0) is 21.8. The van der Waals surface area contributed by atoms with E-state index in [2.05, 4.69) is 20.0 Å². The number of carbonyl (C=O) groups is 2. The van der Waals surface area contributed by atoms with Crippen LogP contribution in [-0.4, -0.2) is 46.9 Å². The summed E-state index contributed by atoms with van der Waals surface area (Å²) in [6, 6.07) is -0.715. The summed E-state index contributed by atoms with van der Waals surface area (Å²) < 4.78 is 26.4. The Kier molecular flexibility index (Phi) is 6.68. The highest BCUT2D eigenvalue weighted by molar-refractivity contribution is 5.87. The van der Waals surface area contributed by atoms with Crippen molar-refractivity contribution >= 4 is 12.1 Å². The maximum absolute atomic E-state index is 12.2. The maximum atomic E-state index is 12.2. The monoisotopic (exact) mass is 409 g/mol. The van der Waals surface area contributed by atoms with Gasteiger partial charge >= 0.3 is 12.1 Å². The first-order valence-electron chi connectivity index (χ1n) is 9.01. The number of nitrogens with zero attached hydrogens (tertiary/aromatic N) is 2. The van der Waals surface area contributed by atoms with Crippen molar-refractivity contribution in [2.24, 2.45) is 0 Å². The van der Waals surface area contributed by atoms with E-state index in [1.807, 2.05) is 20.8 Å². The standard InChI is InChI=1S/C19H27N3O7/c1-18(2,3)28-10-12(22-17(24)29-19(4,5)6)15-20-11(8-26-15)14-21-13(9-27-14)16(23)25-7/h8-9,12H,10H2,1-7H3,(H,22,24). The smallest absolute Gasteiger partial charge is 0.408 e. The molecular weight excluding hydrogens is 382 g/mol. The number of aromatic nitrogens is 2. The van der Waals surface area contributed by atoms with E-state index in [-0.39, 0.29) is 29.8 Å². The number of alkyl carbamates (subject to hydrolysis) is 1. The summed E-state index contributed by atoms with van der Waals surface area (Å²) in [7, 11) is 1.24. The Labute approximate surface area is 168 Å². The lowest BCUT2D eigenvalue weighted by atomic mass is 10.2. The number of methoxy groups -OCH3 is 1. The van der Waals surface area contributed by atoms with Gasteiger partial charge in [-0.15, -0.1) is 0 Å². The molecule has 1 unspecified atom stereocenters.